The monoisotopic (exact) mass is 359 g/mol. The number of aromatic nitrogens is 3. The largest absolute Gasteiger partial charge is 0.469 e. The first-order chi connectivity index (χ1) is 12.7. The normalized spacial score (nSPS) is 19.2. The maximum Gasteiger partial charge on any atom is 0.308 e. The molecule has 4 heterocycles. The van der Waals surface area contributed by atoms with E-state index in [1.54, 1.807) is 0 Å². The van der Waals surface area contributed by atoms with Crippen molar-refractivity contribution in [2.75, 3.05) is 56.3 Å². The molecule has 2 fully saturated rings. The molecular formula is C18H25N5O3. The lowest BCUT2D eigenvalue weighted by Gasteiger charge is -2.33. The lowest BCUT2D eigenvalue weighted by atomic mass is 9.97. The van der Waals surface area contributed by atoms with Crippen LogP contribution in [0.15, 0.2) is 6.07 Å². The van der Waals surface area contributed by atoms with Crippen molar-refractivity contribution in [3.05, 3.63) is 11.8 Å². The van der Waals surface area contributed by atoms with Crippen molar-refractivity contribution in [3.8, 4) is 0 Å². The van der Waals surface area contributed by atoms with Crippen LogP contribution < -0.4 is 9.80 Å². The van der Waals surface area contributed by atoms with Gasteiger partial charge in [-0.15, -0.1) is 0 Å². The number of aromatic amines is 1. The molecule has 26 heavy (non-hydrogen) atoms. The van der Waals surface area contributed by atoms with E-state index in [1.165, 1.54) is 7.11 Å². The zero-order valence-electron chi connectivity index (χ0n) is 15.3. The molecule has 1 N–H and O–H groups in total. The molecule has 0 atom stereocenters. The number of anilines is 2. The number of aryl methyl sites for hydroxylation is 1. The van der Waals surface area contributed by atoms with Crippen molar-refractivity contribution in [1.82, 2.24) is 15.0 Å². The second kappa shape index (κ2) is 7.11. The van der Waals surface area contributed by atoms with Crippen molar-refractivity contribution in [3.63, 3.8) is 0 Å². The van der Waals surface area contributed by atoms with Gasteiger partial charge in [-0.2, -0.15) is 9.97 Å². The lowest BCUT2D eigenvalue weighted by Crippen LogP contribution is -2.39. The number of piperidine rings is 1. The van der Waals surface area contributed by atoms with Crippen LogP contribution in [-0.4, -0.2) is 67.4 Å². The number of carbonyl (C=O) groups is 1. The first kappa shape index (κ1) is 17.1. The molecule has 2 saturated heterocycles. The predicted molar refractivity (Wildman–Crippen MR) is 98.6 cm³/mol. The molecule has 140 valence electrons. The maximum atomic E-state index is 11.8. The van der Waals surface area contributed by atoms with Gasteiger partial charge in [0.05, 0.1) is 31.6 Å². The van der Waals surface area contributed by atoms with Crippen LogP contribution in [0, 0.1) is 12.8 Å². The molecule has 2 aliphatic rings. The average molecular weight is 359 g/mol. The molecule has 0 saturated carbocycles. The fraction of sp³-hybridized carbons (Fsp3) is 0.611. The molecule has 0 spiro atoms. The summed E-state index contributed by atoms with van der Waals surface area (Å²) in [6, 6.07) is 2.10. The van der Waals surface area contributed by atoms with Crippen molar-refractivity contribution in [2.45, 2.75) is 19.8 Å². The van der Waals surface area contributed by atoms with E-state index in [1.807, 2.05) is 6.92 Å². The Labute approximate surface area is 152 Å². The summed E-state index contributed by atoms with van der Waals surface area (Å²) in [7, 11) is 1.46. The molecule has 0 amide bonds. The standard InChI is InChI=1S/C18H25N5O3/c1-12-11-14-15(19-12)20-18(23-7-9-26-10-8-23)21-16(14)22-5-3-13(4-6-22)17(24)25-2/h11,13H,3-10H2,1-2H3,(H,19,20,21). The number of H-pyrrole nitrogens is 1. The molecule has 2 aromatic heterocycles. The Bertz CT molecular complexity index is 791. The quantitative estimate of drug-likeness (QED) is 0.831. The zero-order chi connectivity index (χ0) is 18.1. The van der Waals surface area contributed by atoms with Crippen molar-refractivity contribution in [2.24, 2.45) is 5.92 Å². The molecule has 8 heteroatoms. The predicted octanol–water partition coefficient (Wildman–Crippen LogP) is 1.49. The van der Waals surface area contributed by atoms with Crippen LogP contribution in [0.1, 0.15) is 18.5 Å². The van der Waals surface area contributed by atoms with Gasteiger partial charge in [0.1, 0.15) is 11.5 Å². The second-order valence-corrected chi connectivity index (χ2v) is 6.95. The number of rotatable bonds is 3. The molecule has 2 aromatic rings. The topological polar surface area (TPSA) is 83.6 Å². The number of nitrogens with one attached hydrogen (secondary N) is 1. The van der Waals surface area contributed by atoms with Gasteiger partial charge in [-0.1, -0.05) is 0 Å². The summed E-state index contributed by atoms with van der Waals surface area (Å²) in [6.07, 6.45) is 1.57. The Kier molecular flexibility index (Phi) is 4.67. The van der Waals surface area contributed by atoms with Crippen LogP contribution in [0.25, 0.3) is 11.0 Å². The number of hydrogen-bond donors (Lipinski definition) is 1. The molecule has 0 aliphatic carbocycles. The number of ether oxygens (including phenoxy) is 2. The van der Waals surface area contributed by atoms with Crippen LogP contribution in [0.3, 0.4) is 0 Å². The van der Waals surface area contributed by atoms with Gasteiger partial charge < -0.3 is 24.3 Å². The van der Waals surface area contributed by atoms with E-state index in [4.69, 9.17) is 19.4 Å². The van der Waals surface area contributed by atoms with E-state index in [-0.39, 0.29) is 11.9 Å². The summed E-state index contributed by atoms with van der Waals surface area (Å²) in [5.41, 5.74) is 1.93. The first-order valence-corrected chi connectivity index (χ1v) is 9.18. The molecule has 4 rings (SSSR count). The van der Waals surface area contributed by atoms with Gasteiger partial charge in [0.25, 0.3) is 0 Å². The van der Waals surface area contributed by atoms with E-state index in [2.05, 4.69) is 20.9 Å². The van der Waals surface area contributed by atoms with E-state index in [0.717, 1.165) is 67.5 Å². The highest BCUT2D eigenvalue weighted by atomic mass is 16.5. The summed E-state index contributed by atoms with van der Waals surface area (Å²) >= 11 is 0. The third kappa shape index (κ3) is 3.21. The van der Waals surface area contributed by atoms with Gasteiger partial charge in [-0.25, -0.2) is 0 Å². The van der Waals surface area contributed by atoms with E-state index in [9.17, 15) is 4.79 Å². The number of methoxy groups -OCH3 is 1. The summed E-state index contributed by atoms with van der Waals surface area (Å²) in [5.74, 6) is 1.57. The molecule has 2 aliphatic heterocycles. The Morgan fingerprint density at radius 1 is 1.19 bits per heavy atom. The van der Waals surface area contributed by atoms with E-state index >= 15 is 0 Å². The highest BCUT2D eigenvalue weighted by Gasteiger charge is 2.28. The van der Waals surface area contributed by atoms with Crippen molar-refractivity contribution >= 4 is 28.8 Å². The second-order valence-electron chi connectivity index (χ2n) is 6.95. The van der Waals surface area contributed by atoms with Gasteiger partial charge in [0.2, 0.25) is 5.95 Å². The average Bonchev–Trinajstić information content (AvgIpc) is 3.07. The smallest absolute Gasteiger partial charge is 0.308 e. The Morgan fingerprint density at radius 3 is 2.62 bits per heavy atom. The van der Waals surface area contributed by atoms with Gasteiger partial charge in [0, 0.05) is 31.9 Å². The van der Waals surface area contributed by atoms with Crippen LogP contribution in [0.5, 0.6) is 0 Å². The van der Waals surface area contributed by atoms with Crippen molar-refractivity contribution in [1.29, 1.82) is 0 Å². The fourth-order valence-electron chi connectivity index (χ4n) is 3.75. The molecular weight excluding hydrogens is 334 g/mol. The molecule has 0 bridgehead atoms. The van der Waals surface area contributed by atoms with Crippen LogP contribution in [-0.2, 0) is 14.3 Å². The molecule has 8 nitrogen and oxygen atoms in total. The number of esters is 1. The lowest BCUT2D eigenvalue weighted by molar-refractivity contribution is -0.146. The number of hydrogen-bond acceptors (Lipinski definition) is 7. The van der Waals surface area contributed by atoms with Gasteiger partial charge in [-0.05, 0) is 25.8 Å². The maximum absolute atomic E-state index is 11.8. The van der Waals surface area contributed by atoms with Gasteiger partial charge in [0.15, 0.2) is 0 Å². The summed E-state index contributed by atoms with van der Waals surface area (Å²) in [6.45, 7) is 6.61. The minimum Gasteiger partial charge on any atom is -0.469 e. The number of nitrogens with zero attached hydrogens (tertiary/aromatic N) is 4. The van der Waals surface area contributed by atoms with Crippen LogP contribution >= 0.6 is 0 Å². The number of carbonyl (C=O) groups excluding carboxylic acids is 1. The summed E-state index contributed by atoms with van der Waals surface area (Å²) in [5, 5.41) is 1.04. The fourth-order valence-corrected chi connectivity index (χ4v) is 3.75. The molecule has 0 unspecified atom stereocenters. The number of morpholine rings is 1. The Hall–Kier alpha value is -2.35. The number of fused-ring (bicyclic) bond motifs is 1. The van der Waals surface area contributed by atoms with Gasteiger partial charge >= 0.3 is 5.97 Å². The highest BCUT2D eigenvalue weighted by Crippen LogP contribution is 2.31. The third-order valence-electron chi connectivity index (χ3n) is 5.21. The highest BCUT2D eigenvalue weighted by molar-refractivity contribution is 5.89. The van der Waals surface area contributed by atoms with Crippen LogP contribution in [0.2, 0.25) is 0 Å². The van der Waals surface area contributed by atoms with Crippen molar-refractivity contribution < 1.29 is 14.3 Å². The molecule has 0 radical (unpaired) electrons. The Balaban J connectivity index is 1.64. The Morgan fingerprint density at radius 2 is 1.92 bits per heavy atom. The SMILES string of the molecule is COC(=O)C1CCN(c2nc(N3CCOCC3)nc3[nH]c(C)cc23)CC1. The first-order valence-electron chi connectivity index (χ1n) is 9.18. The van der Waals surface area contributed by atoms with E-state index in [0.29, 0.717) is 13.2 Å². The molecule has 0 aromatic carbocycles. The third-order valence-corrected chi connectivity index (χ3v) is 5.21. The minimum atomic E-state index is -0.107. The van der Waals surface area contributed by atoms with E-state index < -0.39 is 0 Å². The zero-order valence-corrected chi connectivity index (χ0v) is 15.3. The minimum absolute atomic E-state index is 0.0137. The van der Waals surface area contributed by atoms with Gasteiger partial charge in [-0.3, -0.25) is 4.79 Å². The summed E-state index contributed by atoms with van der Waals surface area (Å²) < 4.78 is 10.3. The summed E-state index contributed by atoms with van der Waals surface area (Å²) in [4.78, 5) is 29.2. The van der Waals surface area contributed by atoms with Crippen LogP contribution in [0.4, 0.5) is 11.8 Å².